The second-order valence-corrected chi connectivity index (χ2v) is 5.12. The summed E-state index contributed by atoms with van der Waals surface area (Å²) >= 11 is 5.35. The van der Waals surface area contributed by atoms with Gasteiger partial charge in [-0.25, -0.2) is 13.1 Å². The SMILES string of the molecule is O=S(=O)(CCCl)NCc1ccccc1. The highest BCUT2D eigenvalue weighted by atomic mass is 35.5. The smallest absolute Gasteiger partial charge is 0.212 e. The summed E-state index contributed by atoms with van der Waals surface area (Å²) in [4.78, 5) is 0. The normalized spacial score (nSPS) is 11.5. The van der Waals surface area contributed by atoms with E-state index in [0.29, 0.717) is 6.54 Å². The molecule has 0 aliphatic rings. The zero-order valence-corrected chi connectivity index (χ0v) is 9.18. The predicted molar refractivity (Wildman–Crippen MR) is 57.8 cm³/mol. The molecule has 14 heavy (non-hydrogen) atoms. The molecule has 0 unspecified atom stereocenters. The van der Waals surface area contributed by atoms with Crippen molar-refractivity contribution >= 4 is 21.6 Å². The molecule has 0 amide bonds. The molecule has 0 aromatic heterocycles. The maximum Gasteiger partial charge on any atom is 0.213 e. The van der Waals surface area contributed by atoms with Crippen LogP contribution in [0.4, 0.5) is 0 Å². The van der Waals surface area contributed by atoms with Crippen LogP contribution in [0.5, 0.6) is 0 Å². The van der Waals surface area contributed by atoms with E-state index in [0.717, 1.165) is 5.56 Å². The van der Waals surface area contributed by atoms with E-state index in [1.807, 2.05) is 30.3 Å². The molecule has 0 saturated heterocycles. The van der Waals surface area contributed by atoms with Gasteiger partial charge in [0.2, 0.25) is 10.0 Å². The molecule has 0 radical (unpaired) electrons. The van der Waals surface area contributed by atoms with Crippen molar-refractivity contribution in [2.45, 2.75) is 6.54 Å². The van der Waals surface area contributed by atoms with E-state index >= 15 is 0 Å². The molecule has 0 aliphatic heterocycles. The van der Waals surface area contributed by atoms with Crippen molar-refractivity contribution in [1.29, 1.82) is 0 Å². The van der Waals surface area contributed by atoms with Crippen molar-refractivity contribution in [2.75, 3.05) is 11.6 Å². The standard InChI is InChI=1S/C9H12ClNO2S/c10-6-7-14(12,13)11-8-9-4-2-1-3-5-9/h1-5,11H,6-8H2. The van der Waals surface area contributed by atoms with Crippen LogP contribution in [0, 0.1) is 0 Å². The molecule has 0 aliphatic carbocycles. The number of alkyl halides is 1. The van der Waals surface area contributed by atoms with Gasteiger partial charge >= 0.3 is 0 Å². The summed E-state index contributed by atoms with van der Waals surface area (Å²) in [5.41, 5.74) is 0.936. The van der Waals surface area contributed by atoms with Crippen molar-refractivity contribution in [1.82, 2.24) is 4.72 Å². The van der Waals surface area contributed by atoms with Crippen LogP contribution in [0.25, 0.3) is 0 Å². The highest BCUT2D eigenvalue weighted by Gasteiger charge is 2.07. The fraction of sp³-hybridized carbons (Fsp3) is 0.333. The van der Waals surface area contributed by atoms with Crippen molar-refractivity contribution in [3.05, 3.63) is 35.9 Å². The molecule has 0 spiro atoms. The number of halogens is 1. The minimum atomic E-state index is -3.21. The number of hydrogen-bond donors (Lipinski definition) is 1. The van der Waals surface area contributed by atoms with Crippen LogP contribution in [-0.4, -0.2) is 20.1 Å². The average Bonchev–Trinajstić information content (AvgIpc) is 2.17. The first-order chi connectivity index (χ1) is 6.64. The quantitative estimate of drug-likeness (QED) is 0.781. The van der Waals surface area contributed by atoms with Gasteiger partial charge in [-0.2, -0.15) is 0 Å². The van der Waals surface area contributed by atoms with Crippen molar-refractivity contribution in [3.8, 4) is 0 Å². The van der Waals surface area contributed by atoms with Crippen molar-refractivity contribution < 1.29 is 8.42 Å². The fourth-order valence-electron chi connectivity index (χ4n) is 0.963. The van der Waals surface area contributed by atoms with Crippen LogP contribution in [0.1, 0.15) is 5.56 Å². The second kappa shape index (κ2) is 5.34. The van der Waals surface area contributed by atoms with E-state index in [4.69, 9.17) is 11.6 Å². The van der Waals surface area contributed by atoms with Crippen LogP contribution in [0.15, 0.2) is 30.3 Å². The molecule has 0 saturated carbocycles. The van der Waals surface area contributed by atoms with E-state index in [-0.39, 0.29) is 11.6 Å². The summed E-state index contributed by atoms with van der Waals surface area (Å²) in [6.45, 7) is 0.320. The number of nitrogens with one attached hydrogen (secondary N) is 1. The third kappa shape index (κ3) is 4.09. The Hall–Kier alpha value is -0.580. The molecule has 0 fully saturated rings. The zero-order valence-electron chi connectivity index (χ0n) is 7.61. The molecule has 0 heterocycles. The summed E-state index contributed by atoms with van der Waals surface area (Å²) < 4.78 is 24.9. The minimum absolute atomic E-state index is 0.0403. The predicted octanol–water partition coefficient (Wildman–Crippen LogP) is 1.34. The Bertz CT molecular complexity index is 364. The number of sulfonamides is 1. The molecular weight excluding hydrogens is 222 g/mol. The third-order valence-corrected chi connectivity index (χ3v) is 3.42. The van der Waals surface area contributed by atoms with Gasteiger partial charge < -0.3 is 0 Å². The molecule has 1 N–H and O–H groups in total. The second-order valence-electron chi connectivity index (χ2n) is 2.81. The molecule has 1 rings (SSSR count). The first-order valence-electron chi connectivity index (χ1n) is 4.21. The van der Waals surface area contributed by atoms with Gasteiger partial charge in [0.1, 0.15) is 0 Å². The first-order valence-corrected chi connectivity index (χ1v) is 6.40. The maximum atomic E-state index is 11.2. The Morgan fingerprint density at radius 1 is 1.21 bits per heavy atom. The molecule has 1 aromatic rings. The summed E-state index contributed by atoms with van der Waals surface area (Å²) in [7, 11) is -3.21. The van der Waals surface area contributed by atoms with Crippen LogP contribution < -0.4 is 4.72 Å². The lowest BCUT2D eigenvalue weighted by Crippen LogP contribution is -2.26. The van der Waals surface area contributed by atoms with Gasteiger partial charge in [-0.15, -0.1) is 11.6 Å². The van der Waals surface area contributed by atoms with Crippen LogP contribution in [0.2, 0.25) is 0 Å². The Morgan fingerprint density at radius 2 is 1.86 bits per heavy atom. The molecule has 3 nitrogen and oxygen atoms in total. The largest absolute Gasteiger partial charge is 0.213 e. The van der Waals surface area contributed by atoms with E-state index in [1.54, 1.807) is 0 Å². The minimum Gasteiger partial charge on any atom is -0.212 e. The van der Waals surface area contributed by atoms with Crippen molar-refractivity contribution in [2.24, 2.45) is 0 Å². The monoisotopic (exact) mass is 233 g/mol. The van der Waals surface area contributed by atoms with E-state index in [2.05, 4.69) is 4.72 Å². The molecular formula is C9H12ClNO2S. The Morgan fingerprint density at radius 3 is 2.43 bits per heavy atom. The Labute approximate surface area is 89.1 Å². The van der Waals surface area contributed by atoms with Gasteiger partial charge in [0, 0.05) is 12.4 Å². The van der Waals surface area contributed by atoms with Gasteiger partial charge in [0.15, 0.2) is 0 Å². The topological polar surface area (TPSA) is 46.2 Å². The fourth-order valence-corrected chi connectivity index (χ4v) is 2.31. The van der Waals surface area contributed by atoms with Gasteiger partial charge in [-0.1, -0.05) is 30.3 Å². The van der Waals surface area contributed by atoms with Gasteiger partial charge in [0.05, 0.1) is 5.75 Å². The Balaban J connectivity index is 2.49. The van der Waals surface area contributed by atoms with E-state index < -0.39 is 10.0 Å². The summed E-state index contributed by atoms with van der Waals surface area (Å²) in [6.07, 6.45) is 0. The molecule has 5 heteroatoms. The van der Waals surface area contributed by atoms with E-state index in [9.17, 15) is 8.42 Å². The van der Waals surface area contributed by atoms with Crippen LogP contribution in [-0.2, 0) is 16.6 Å². The molecule has 0 atom stereocenters. The van der Waals surface area contributed by atoms with Crippen LogP contribution >= 0.6 is 11.6 Å². The van der Waals surface area contributed by atoms with E-state index in [1.165, 1.54) is 0 Å². The molecule has 78 valence electrons. The molecule has 1 aromatic carbocycles. The number of benzene rings is 1. The van der Waals surface area contributed by atoms with Gasteiger partial charge in [-0.05, 0) is 5.56 Å². The Kier molecular flexibility index (Phi) is 4.38. The highest BCUT2D eigenvalue weighted by molar-refractivity contribution is 7.89. The first kappa shape index (κ1) is 11.5. The highest BCUT2D eigenvalue weighted by Crippen LogP contribution is 1.98. The third-order valence-electron chi connectivity index (χ3n) is 1.68. The maximum absolute atomic E-state index is 11.2. The summed E-state index contributed by atoms with van der Waals surface area (Å²) in [6, 6.07) is 9.35. The molecule has 0 bridgehead atoms. The number of rotatable bonds is 5. The zero-order chi connectivity index (χ0) is 10.4. The summed E-state index contributed by atoms with van der Waals surface area (Å²) in [5.74, 6) is 0.0749. The van der Waals surface area contributed by atoms with Crippen molar-refractivity contribution in [3.63, 3.8) is 0 Å². The summed E-state index contributed by atoms with van der Waals surface area (Å²) in [5, 5.41) is 0. The van der Waals surface area contributed by atoms with Gasteiger partial charge in [0.25, 0.3) is 0 Å². The van der Waals surface area contributed by atoms with Gasteiger partial charge in [-0.3, -0.25) is 0 Å². The van der Waals surface area contributed by atoms with Crippen LogP contribution in [0.3, 0.4) is 0 Å². The number of hydrogen-bond acceptors (Lipinski definition) is 2. The lowest BCUT2D eigenvalue weighted by atomic mass is 10.2. The lowest BCUT2D eigenvalue weighted by Gasteiger charge is -2.04. The lowest BCUT2D eigenvalue weighted by molar-refractivity contribution is 0.583. The average molecular weight is 234 g/mol.